The summed E-state index contributed by atoms with van der Waals surface area (Å²) >= 11 is 0. The van der Waals surface area contributed by atoms with Crippen LogP contribution in [0.25, 0.3) is 11.1 Å². The Labute approximate surface area is 192 Å². The first-order valence-corrected chi connectivity index (χ1v) is 11.3. The zero-order valence-electron chi connectivity index (χ0n) is 18.5. The van der Waals surface area contributed by atoms with Crippen LogP contribution in [0.4, 0.5) is 4.79 Å². The van der Waals surface area contributed by atoms with Crippen molar-refractivity contribution in [1.29, 1.82) is 0 Å². The van der Waals surface area contributed by atoms with Crippen molar-refractivity contribution in [2.45, 2.75) is 44.2 Å². The summed E-state index contributed by atoms with van der Waals surface area (Å²) in [5.41, 5.74) is 4.53. The van der Waals surface area contributed by atoms with Crippen LogP contribution in [0.1, 0.15) is 43.2 Å². The molecule has 2 aromatic rings. The standard InChI is InChI=1S/C26H28N2O5/c1-2-23(24(29)27-17-9-7-8-16(14-17)25(30)31)28-26(32)33-15-22-20-12-5-3-10-18(20)19-11-4-6-13-21(19)22/h3-7,9-13,16-17,22-23H,2,8,14-15H2,1H3,(H,27,29)(H,28,32)(H,30,31)/t16?,17?,23-/m0/s1. The number of amides is 2. The van der Waals surface area contributed by atoms with Gasteiger partial charge in [0.25, 0.3) is 0 Å². The topological polar surface area (TPSA) is 105 Å². The number of ether oxygens (including phenoxy) is 1. The summed E-state index contributed by atoms with van der Waals surface area (Å²) in [6.07, 6.45) is 4.09. The Morgan fingerprint density at radius 1 is 1.06 bits per heavy atom. The maximum atomic E-state index is 12.7. The number of aliphatic carboxylic acids is 1. The highest BCUT2D eigenvalue weighted by Crippen LogP contribution is 2.44. The van der Waals surface area contributed by atoms with E-state index in [4.69, 9.17) is 4.74 Å². The van der Waals surface area contributed by atoms with E-state index in [9.17, 15) is 19.5 Å². The molecule has 7 heteroatoms. The number of nitrogens with one attached hydrogen (secondary N) is 2. The SMILES string of the molecule is CC[C@H](NC(=O)OCC1c2ccccc2-c2ccccc21)C(=O)NC1C=CCC(C(=O)O)C1. The lowest BCUT2D eigenvalue weighted by Crippen LogP contribution is -2.50. The first-order valence-electron chi connectivity index (χ1n) is 11.3. The van der Waals surface area contributed by atoms with Gasteiger partial charge >= 0.3 is 12.1 Å². The van der Waals surface area contributed by atoms with E-state index in [1.807, 2.05) is 36.4 Å². The summed E-state index contributed by atoms with van der Waals surface area (Å²) in [6, 6.07) is 15.0. The van der Waals surface area contributed by atoms with Gasteiger partial charge in [-0.15, -0.1) is 0 Å². The molecule has 0 saturated heterocycles. The number of benzene rings is 2. The molecule has 0 saturated carbocycles. The maximum Gasteiger partial charge on any atom is 0.407 e. The smallest absolute Gasteiger partial charge is 0.407 e. The fraction of sp³-hybridized carbons (Fsp3) is 0.346. The van der Waals surface area contributed by atoms with Crippen molar-refractivity contribution >= 4 is 18.0 Å². The number of rotatable bonds is 7. The van der Waals surface area contributed by atoms with Gasteiger partial charge in [0.15, 0.2) is 0 Å². The van der Waals surface area contributed by atoms with Gasteiger partial charge in [-0.1, -0.05) is 67.6 Å². The van der Waals surface area contributed by atoms with Gasteiger partial charge in [0, 0.05) is 12.0 Å². The number of alkyl carbamates (subject to hydrolysis) is 1. The Hall–Kier alpha value is -3.61. The summed E-state index contributed by atoms with van der Waals surface area (Å²) in [7, 11) is 0. The van der Waals surface area contributed by atoms with Gasteiger partial charge in [-0.2, -0.15) is 0 Å². The van der Waals surface area contributed by atoms with Gasteiger partial charge in [-0.25, -0.2) is 4.79 Å². The second-order valence-corrected chi connectivity index (χ2v) is 8.48. The molecule has 7 nitrogen and oxygen atoms in total. The Morgan fingerprint density at radius 3 is 2.30 bits per heavy atom. The third kappa shape index (κ3) is 4.92. The van der Waals surface area contributed by atoms with Crippen LogP contribution in [0.15, 0.2) is 60.7 Å². The van der Waals surface area contributed by atoms with Crippen LogP contribution >= 0.6 is 0 Å². The summed E-state index contributed by atoms with van der Waals surface area (Å²) in [6.45, 7) is 1.97. The zero-order chi connectivity index (χ0) is 23.4. The molecule has 2 aliphatic rings. The molecule has 2 unspecified atom stereocenters. The molecule has 3 atom stereocenters. The number of hydrogen-bond acceptors (Lipinski definition) is 4. The summed E-state index contributed by atoms with van der Waals surface area (Å²) in [4.78, 5) is 36.4. The van der Waals surface area contributed by atoms with E-state index in [0.717, 1.165) is 22.3 Å². The molecule has 3 N–H and O–H groups in total. The minimum Gasteiger partial charge on any atom is -0.481 e. The third-order valence-corrected chi connectivity index (χ3v) is 6.36. The normalized spacial score (nSPS) is 19.8. The van der Waals surface area contributed by atoms with E-state index in [1.165, 1.54) is 0 Å². The van der Waals surface area contributed by atoms with Gasteiger partial charge in [-0.05, 0) is 41.5 Å². The molecule has 0 radical (unpaired) electrons. The van der Waals surface area contributed by atoms with Crippen LogP contribution in [0.3, 0.4) is 0 Å². The minimum atomic E-state index is -0.873. The molecule has 172 valence electrons. The van der Waals surface area contributed by atoms with Crippen LogP contribution in [0, 0.1) is 5.92 Å². The van der Waals surface area contributed by atoms with E-state index < -0.39 is 24.0 Å². The highest BCUT2D eigenvalue weighted by molar-refractivity contribution is 5.86. The average molecular weight is 449 g/mol. The highest BCUT2D eigenvalue weighted by Gasteiger charge is 2.30. The molecular formula is C26H28N2O5. The second kappa shape index (κ2) is 9.90. The molecule has 2 aliphatic carbocycles. The van der Waals surface area contributed by atoms with Crippen molar-refractivity contribution in [3.63, 3.8) is 0 Å². The van der Waals surface area contributed by atoms with Crippen molar-refractivity contribution in [2.75, 3.05) is 6.61 Å². The third-order valence-electron chi connectivity index (χ3n) is 6.36. The predicted molar refractivity (Wildman–Crippen MR) is 124 cm³/mol. The number of carbonyl (C=O) groups excluding carboxylic acids is 2. The zero-order valence-corrected chi connectivity index (χ0v) is 18.5. The first kappa shape index (κ1) is 22.6. The largest absolute Gasteiger partial charge is 0.481 e. The minimum absolute atomic E-state index is 0.0580. The predicted octanol–water partition coefficient (Wildman–Crippen LogP) is 3.84. The molecule has 0 spiro atoms. The molecule has 2 aromatic carbocycles. The average Bonchev–Trinajstić information content (AvgIpc) is 3.15. The highest BCUT2D eigenvalue weighted by atomic mass is 16.5. The van der Waals surface area contributed by atoms with Crippen LogP contribution in [-0.2, 0) is 14.3 Å². The van der Waals surface area contributed by atoms with E-state index in [1.54, 1.807) is 19.1 Å². The molecule has 0 fully saturated rings. The van der Waals surface area contributed by atoms with Gasteiger partial charge in [0.05, 0.1) is 5.92 Å². The second-order valence-electron chi connectivity index (χ2n) is 8.48. The van der Waals surface area contributed by atoms with E-state index >= 15 is 0 Å². The fourth-order valence-electron chi connectivity index (χ4n) is 4.62. The number of hydrogen-bond donors (Lipinski definition) is 3. The van der Waals surface area contributed by atoms with Crippen LogP contribution in [0.5, 0.6) is 0 Å². The van der Waals surface area contributed by atoms with Crippen molar-refractivity contribution in [2.24, 2.45) is 5.92 Å². The van der Waals surface area contributed by atoms with Gasteiger partial charge in [0.1, 0.15) is 12.6 Å². The lowest BCUT2D eigenvalue weighted by molar-refractivity contribution is -0.142. The Bertz CT molecular complexity index is 1030. The van der Waals surface area contributed by atoms with Gasteiger partial charge < -0.3 is 20.5 Å². The van der Waals surface area contributed by atoms with Crippen LogP contribution < -0.4 is 10.6 Å². The van der Waals surface area contributed by atoms with Gasteiger partial charge in [-0.3, -0.25) is 9.59 Å². The molecular weight excluding hydrogens is 420 g/mol. The number of carboxylic acid groups (broad SMARTS) is 1. The van der Waals surface area contributed by atoms with E-state index in [-0.39, 0.29) is 24.5 Å². The van der Waals surface area contributed by atoms with Crippen molar-refractivity contribution in [3.8, 4) is 11.1 Å². The van der Waals surface area contributed by atoms with Gasteiger partial charge in [0.2, 0.25) is 5.91 Å². The quantitative estimate of drug-likeness (QED) is 0.558. The Balaban J connectivity index is 1.34. The van der Waals surface area contributed by atoms with E-state index in [2.05, 4.69) is 22.8 Å². The molecule has 0 aliphatic heterocycles. The lowest BCUT2D eigenvalue weighted by atomic mass is 9.91. The molecule has 0 bridgehead atoms. The molecule has 0 heterocycles. The molecule has 0 aromatic heterocycles. The number of allylic oxidation sites excluding steroid dienone is 1. The Kier molecular flexibility index (Phi) is 6.77. The number of carboxylic acids is 1. The maximum absolute atomic E-state index is 12.7. The van der Waals surface area contributed by atoms with Crippen molar-refractivity contribution in [1.82, 2.24) is 10.6 Å². The molecule has 2 amide bonds. The molecule has 4 rings (SSSR count). The Morgan fingerprint density at radius 2 is 1.70 bits per heavy atom. The van der Waals surface area contributed by atoms with Crippen molar-refractivity contribution in [3.05, 3.63) is 71.8 Å². The van der Waals surface area contributed by atoms with E-state index in [0.29, 0.717) is 19.3 Å². The molecule has 33 heavy (non-hydrogen) atoms. The number of fused-ring (bicyclic) bond motifs is 3. The fourth-order valence-corrected chi connectivity index (χ4v) is 4.62. The summed E-state index contributed by atoms with van der Waals surface area (Å²) < 4.78 is 5.54. The summed E-state index contributed by atoms with van der Waals surface area (Å²) in [5.74, 6) is -1.80. The van der Waals surface area contributed by atoms with Crippen molar-refractivity contribution < 1.29 is 24.2 Å². The van der Waals surface area contributed by atoms with Crippen LogP contribution in [-0.4, -0.2) is 41.8 Å². The van der Waals surface area contributed by atoms with Crippen LogP contribution in [0.2, 0.25) is 0 Å². The monoisotopic (exact) mass is 448 g/mol. The first-order chi connectivity index (χ1) is 16.0. The summed E-state index contributed by atoms with van der Waals surface area (Å²) in [5, 5.41) is 14.7. The lowest BCUT2D eigenvalue weighted by Gasteiger charge is -2.25. The number of carbonyl (C=O) groups is 3.